The van der Waals surface area contributed by atoms with Gasteiger partial charge in [-0.1, -0.05) is 48.0 Å². The Morgan fingerprint density at radius 2 is 1.70 bits per heavy atom. The number of benzene rings is 3. The molecule has 0 spiro atoms. The number of anilines is 1. The summed E-state index contributed by atoms with van der Waals surface area (Å²) in [6.45, 7) is 3.81. The third kappa shape index (κ3) is 6.12. The number of thiocarbonyl (C=S) groups is 1. The topological polar surface area (TPSA) is 33.7 Å². The van der Waals surface area contributed by atoms with E-state index in [-0.39, 0.29) is 0 Å². The fraction of sp³-hybridized carbons (Fsp3) is 0.208. The van der Waals surface area contributed by atoms with Gasteiger partial charge in [0, 0.05) is 18.1 Å². The number of nitrogens with zero attached hydrogens (tertiary/aromatic N) is 1. The first-order chi connectivity index (χ1) is 14.6. The Labute approximate surface area is 188 Å². The Hall–Kier alpha value is -2.76. The molecule has 0 saturated heterocycles. The Morgan fingerprint density at radius 1 is 0.967 bits per heavy atom. The SMILES string of the molecule is CCOc1ccccc1NC(=S)N(Cc1ccc(OC)cc1)Cc1cccc(Cl)c1. The highest BCUT2D eigenvalue weighted by molar-refractivity contribution is 7.80. The molecule has 4 nitrogen and oxygen atoms in total. The highest BCUT2D eigenvalue weighted by Crippen LogP contribution is 2.25. The van der Waals surface area contributed by atoms with Gasteiger partial charge in [0.2, 0.25) is 0 Å². The van der Waals surface area contributed by atoms with Gasteiger partial charge in [-0.15, -0.1) is 0 Å². The van der Waals surface area contributed by atoms with Crippen LogP contribution in [0.5, 0.6) is 11.5 Å². The largest absolute Gasteiger partial charge is 0.497 e. The number of para-hydroxylation sites is 2. The minimum Gasteiger partial charge on any atom is -0.497 e. The average molecular weight is 441 g/mol. The summed E-state index contributed by atoms with van der Waals surface area (Å²) >= 11 is 12.0. The van der Waals surface area contributed by atoms with Gasteiger partial charge in [-0.05, 0) is 66.7 Å². The van der Waals surface area contributed by atoms with Crippen LogP contribution >= 0.6 is 23.8 Å². The van der Waals surface area contributed by atoms with Crippen LogP contribution in [-0.2, 0) is 13.1 Å². The van der Waals surface area contributed by atoms with Gasteiger partial charge in [-0.2, -0.15) is 0 Å². The lowest BCUT2D eigenvalue weighted by Gasteiger charge is -2.27. The molecule has 30 heavy (non-hydrogen) atoms. The molecule has 0 bridgehead atoms. The summed E-state index contributed by atoms with van der Waals surface area (Å²) in [6, 6.07) is 23.6. The maximum Gasteiger partial charge on any atom is 0.174 e. The van der Waals surface area contributed by atoms with E-state index in [9.17, 15) is 0 Å². The summed E-state index contributed by atoms with van der Waals surface area (Å²) in [5.74, 6) is 1.60. The normalized spacial score (nSPS) is 10.4. The molecule has 0 heterocycles. The number of hydrogen-bond acceptors (Lipinski definition) is 3. The molecule has 0 aliphatic rings. The van der Waals surface area contributed by atoms with Gasteiger partial charge in [0.1, 0.15) is 11.5 Å². The highest BCUT2D eigenvalue weighted by Gasteiger charge is 2.14. The van der Waals surface area contributed by atoms with Crippen molar-refractivity contribution in [3.63, 3.8) is 0 Å². The number of halogens is 1. The second-order valence-electron chi connectivity index (χ2n) is 6.69. The monoisotopic (exact) mass is 440 g/mol. The van der Waals surface area contributed by atoms with Crippen LogP contribution in [0.1, 0.15) is 18.1 Å². The van der Waals surface area contributed by atoms with Crippen molar-refractivity contribution in [2.24, 2.45) is 0 Å². The molecule has 0 aromatic heterocycles. The molecule has 0 radical (unpaired) electrons. The summed E-state index contributed by atoms with van der Waals surface area (Å²) < 4.78 is 11.0. The smallest absolute Gasteiger partial charge is 0.174 e. The van der Waals surface area contributed by atoms with Gasteiger partial charge in [0.15, 0.2) is 5.11 Å². The van der Waals surface area contributed by atoms with Crippen molar-refractivity contribution in [3.8, 4) is 11.5 Å². The molecule has 1 N–H and O–H groups in total. The quantitative estimate of drug-likeness (QED) is 0.425. The first kappa shape index (κ1) is 21.9. The zero-order chi connectivity index (χ0) is 21.3. The lowest BCUT2D eigenvalue weighted by molar-refractivity contribution is 0.342. The van der Waals surface area contributed by atoms with Gasteiger partial charge in [-0.3, -0.25) is 0 Å². The lowest BCUT2D eigenvalue weighted by atomic mass is 10.1. The first-order valence-corrected chi connectivity index (χ1v) is 10.5. The van der Waals surface area contributed by atoms with Crippen LogP contribution in [0.3, 0.4) is 0 Å². The van der Waals surface area contributed by atoms with Gasteiger partial charge in [0.05, 0.1) is 19.4 Å². The van der Waals surface area contributed by atoms with E-state index in [4.69, 9.17) is 33.3 Å². The zero-order valence-electron chi connectivity index (χ0n) is 17.1. The number of methoxy groups -OCH3 is 1. The molecule has 6 heteroatoms. The predicted octanol–water partition coefficient (Wildman–Crippen LogP) is 6.15. The van der Waals surface area contributed by atoms with E-state index in [0.717, 1.165) is 28.3 Å². The summed E-state index contributed by atoms with van der Waals surface area (Å²) in [6.07, 6.45) is 0. The molecular formula is C24H25ClN2O2S. The van der Waals surface area contributed by atoms with Crippen molar-refractivity contribution in [2.75, 3.05) is 19.0 Å². The molecule has 0 aliphatic carbocycles. The van der Waals surface area contributed by atoms with Crippen LogP contribution in [-0.4, -0.2) is 23.7 Å². The van der Waals surface area contributed by atoms with E-state index >= 15 is 0 Å². The Morgan fingerprint density at radius 3 is 2.40 bits per heavy atom. The lowest BCUT2D eigenvalue weighted by Crippen LogP contribution is -2.34. The number of ether oxygens (including phenoxy) is 2. The van der Waals surface area contributed by atoms with Crippen molar-refractivity contribution in [2.45, 2.75) is 20.0 Å². The average Bonchev–Trinajstić information content (AvgIpc) is 2.75. The van der Waals surface area contributed by atoms with E-state index < -0.39 is 0 Å². The molecule has 3 aromatic rings. The molecule has 0 fully saturated rings. The molecule has 0 amide bonds. The first-order valence-electron chi connectivity index (χ1n) is 9.74. The summed E-state index contributed by atoms with van der Waals surface area (Å²) in [4.78, 5) is 2.10. The van der Waals surface area contributed by atoms with Gasteiger partial charge >= 0.3 is 0 Å². The Kier molecular flexibility index (Phi) is 7.94. The molecule has 156 valence electrons. The van der Waals surface area contributed by atoms with Crippen molar-refractivity contribution < 1.29 is 9.47 Å². The number of hydrogen-bond donors (Lipinski definition) is 1. The zero-order valence-corrected chi connectivity index (χ0v) is 18.7. The van der Waals surface area contributed by atoms with Crippen LogP contribution in [0.15, 0.2) is 72.8 Å². The molecule has 3 rings (SSSR count). The van der Waals surface area contributed by atoms with Crippen LogP contribution in [0.25, 0.3) is 0 Å². The van der Waals surface area contributed by atoms with Crippen molar-refractivity contribution in [1.82, 2.24) is 4.90 Å². The third-order valence-corrected chi connectivity index (χ3v) is 5.11. The standard InChI is InChI=1S/C24H25ClN2O2S/c1-3-29-23-10-5-4-9-22(23)26-24(30)27(17-19-7-6-8-20(25)15-19)16-18-11-13-21(28-2)14-12-18/h4-15H,3,16-17H2,1-2H3,(H,26,30). The third-order valence-electron chi connectivity index (χ3n) is 4.51. The second kappa shape index (κ2) is 10.9. The van der Waals surface area contributed by atoms with E-state index in [1.807, 2.05) is 79.7 Å². The van der Waals surface area contributed by atoms with Crippen LogP contribution in [0.2, 0.25) is 5.02 Å². The number of nitrogens with one attached hydrogen (secondary N) is 1. The molecule has 0 atom stereocenters. The summed E-state index contributed by atoms with van der Waals surface area (Å²) in [5, 5.41) is 4.66. The van der Waals surface area contributed by atoms with Crippen LogP contribution in [0.4, 0.5) is 5.69 Å². The van der Waals surface area contributed by atoms with Crippen molar-refractivity contribution in [1.29, 1.82) is 0 Å². The Balaban J connectivity index is 1.82. The second-order valence-corrected chi connectivity index (χ2v) is 7.52. The van der Waals surface area contributed by atoms with E-state index in [1.165, 1.54) is 0 Å². The Bertz CT molecular complexity index is 979. The van der Waals surface area contributed by atoms with Gasteiger partial charge in [-0.25, -0.2) is 0 Å². The minimum absolute atomic E-state index is 0.587. The molecular weight excluding hydrogens is 416 g/mol. The fourth-order valence-electron chi connectivity index (χ4n) is 3.05. The molecule has 0 saturated carbocycles. The number of rotatable bonds is 8. The summed E-state index contributed by atoms with van der Waals surface area (Å²) in [5.41, 5.74) is 3.05. The molecule has 3 aromatic carbocycles. The van der Waals surface area contributed by atoms with Crippen molar-refractivity contribution >= 4 is 34.6 Å². The molecule has 0 unspecified atom stereocenters. The maximum absolute atomic E-state index is 6.19. The minimum atomic E-state index is 0.587. The van der Waals surface area contributed by atoms with Crippen molar-refractivity contribution in [3.05, 3.63) is 88.9 Å². The van der Waals surface area contributed by atoms with E-state index in [1.54, 1.807) is 7.11 Å². The van der Waals surface area contributed by atoms with Gasteiger partial charge in [0.25, 0.3) is 0 Å². The predicted molar refractivity (Wildman–Crippen MR) is 128 cm³/mol. The van der Waals surface area contributed by atoms with E-state index in [2.05, 4.69) is 10.2 Å². The van der Waals surface area contributed by atoms with Crippen LogP contribution in [0, 0.1) is 0 Å². The maximum atomic E-state index is 6.19. The molecule has 0 aliphatic heterocycles. The summed E-state index contributed by atoms with van der Waals surface area (Å²) in [7, 11) is 1.66. The fourth-order valence-corrected chi connectivity index (χ4v) is 3.50. The highest BCUT2D eigenvalue weighted by atomic mass is 35.5. The van der Waals surface area contributed by atoms with E-state index in [0.29, 0.717) is 29.8 Å². The van der Waals surface area contributed by atoms with Gasteiger partial charge < -0.3 is 19.7 Å². The van der Waals surface area contributed by atoms with Crippen LogP contribution < -0.4 is 14.8 Å².